The molecule has 5 rings (SSSR count). The molecule has 2 saturated heterocycles. The fourth-order valence-electron chi connectivity index (χ4n) is 5.23. The van der Waals surface area contributed by atoms with Gasteiger partial charge in [-0.15, -0.1) is 11.3 Å². The number of nitrogens with zero attached hydrogens (tertiary/aromatic N) is 3. The molecule has 0 N–H and O–H groups in total. The number of likely N-dealkylation sites (tertiary alicyclic amines) is 1. The number of carbonyl (C=O) groups is 3. The minimum Gasteiger partial charge on any atom is -0.340 e. The molecule has 1 aromatic carbocycles. The molecule has 0 bridgehead atoms. The highest BCUT2D eigenvalue weighted by molar-refractivity contribution is 7.09. The molecule has 32 heavy (non-hydrogen) atoms. The van der Waals surface area contributed by atoms with Gasteiger partial charge in [0.2, 0.25) is 11.7 Å². The van der Waals surface area contributed by atoms with Crippen molar-refractivity contribution in [3.05, 3.63) is 58.3 Å². The molecule has 3 fully saturated rings. The maximum atomic E-state index is 13.1. The van der Waals surface area contributed by atoms with Crippen molar-refractivity contribution >= 4 is 28.9 Å². The van der Waals surface area contributed by atoms with Gasteiger partial charge in [-0.1, -0.05) is 36.4 Å². The van der Waals surface area contributed by atoms with Crippen LogP contribution in [0, 0.1) is 11.3 Å². The van der Waals surface area contributed by atoms with Crippen molar-refractivity contribution in [3.63, 3.8) is 0 Å². The molecule has 1 saturated carbocycles. The molecule has 1 aliphatic carbocycles. The fraction of sp³-hybridized carbons (Fsp3) is 0.480. The van der Waals surface area contributed by atoms with Gasteiger partial charge in [0.25, 0.3) is 5.91 Å². The van der Waals surface area contributed by atoms with Crippen LogP contribution in [0.25, 0.3) is 0 Å². The van der Waals surface area contributed by atoms with Crippen LogP contribution >= 0.6 is 11.3 Å². The summed E-state index contributed by atoms with van der Waals surface area (Å²) in [7, 11) is 0. The smallest absolute Gasteiger partial charge is 0.294 e. The maximum Gasteiger partial charge on any atom is 0.294 e. The summed E-state index contributed by atoms with van der Waals surface area (Å²) in [5.41, 5.74) is 0.480. The molecule has 3 aliphatic rings. The lowest BCUT2D eigenvalue weighted by Crippen LogP contribution is -2.49. The quantitative estimate of drug-likeness (QED) is 0.518. The average Bonchev–Trinajstić information content (AvgIpc) is 3.27. The van der Waals surface area contributed by atoms with E-state index in [0.29, 0.717) is 24.6 Å². The van der Waals surface area contributed by atoms with Gasteiger partial charge in [0, 0.05) is 62.2 Å². The van der Waals surface area contributed by atoms with E-state index in [1.165, 1.54) is 4.88 Å². The van der Waals surface area contributed by atoms with E-state index < -0.39 is 11.7 Å². The van der Waals surface area contributed by atoms with Crippen molar-refractivity contribution in [3.8, 4) is 0 Å². The Morgan fingerprint density at radius 3 is 2.25 bits per heavy atom. The van der Waals surface area contributed by atoms with Crippen molar-refractivity contribution in [2.45, 2.75) is 25.8 Å². The number of rotatable bonds is 5. The first kappa shape index (κ1) is 21.3. The lowest BCUT2D eigenvalue weighted by atomic mass is 9.90. The summed E-state index contributed by atoms with van der Waals surface area (Å²) >= 11 is 1.78. The highest BCUT2D eigenvalue weighted by Gasteiger charge is 2.59. The fourth-order valence-corrected chi connectivity index (χ4v) is 5.98. The standard InChI is InChI=1S/C25H29N3O3S/c29-22(19-5-2-1-3-6-19)24(31)27-10-8-25(9-11-27)17-21(25)23(30)28-14-12-26(13-15-28)18-20-7-4-16-32-20/h1-7,16,21H,8-15,17-18H2. The van der Waals surface area contributed by atoms with Crippen LogP contribution in [0.2, 0.25) is 0 Å². The van der Waals surface area contributed by atoms with Gasteiger partial charge in [0.15, 0.2) is 0 Å². The van der Waals surface area contributed by atoms with Crippen LogP contribution in [0.3, 0.4) is 0 Å². The lowest BCUT2D eigenvalue weighted by Gasteiger charge is -2.36. The van der Waals surface area contributed by atoms with E-state index >= 15 is 0 Å². The number of amides is 2. The molecule has 2 aromatic rings. The van der Waals surface area contributed by atoms with Gasteiger partial charge in [-0.25, -0.2) is 0 Å². The third kappa shape index (κ3) is 4.24. The number of piperazine rings is 1. The van der Waals surface area contributed by atoms with Gasteiger partial charge in [-0.2, -0.15) is 0 Å². The topological polar surface area (TPSA) is 60.9 Å². The van der Waals surface area contributed by atoms with Crippen LogP contribution in [0.5, 0.6) is 0 Å². The van der Waals surface area contributed by atoms with Gasteiger partial charge in [0.05, 0.1) is 0 Å². The first-order valence-corrected chi connectivity index (χ1v) is 12.4. The van der Waals surface area contributed by atoms with Crippen molar-refractivity contribution in [2.24, 2.45) is 11.3 Å². The molecule has 1 spiro atoms. The molecule has 1 atom stereocenters. The van der Waals surface area contributed by atoms with E-state index in [0.717, 1.165) is 52.0 Å². The normalized spacial score (nSPS) is 22.7. The lowest BCUT2D eigenvalue weighted by molar-refractivity contribution is -0.135. The summed E-state index contributed by atoms with van der Waals surface area (Å²) in [6, 6.07) is 13.0. The van der Waals surface area contributed by atoms with Crippen LogP contribution in [0.15, 0.2) is 47.8 Å². The Hall–Kier alpha value is -2.51. The molecule has 7 heteroatoms. The van der Waals surface area contributed by atoms with Crippen molar-refractivity contribution in [1.82, 2.24) is 14.7 Å². The van der Waals surface area contributed by atoms with Crippen LogP contribution in [-0.4, -0.2) is 71.6 Å². The molecular formula is C25H29N3O3S. The molecule has 1 unspecified atom stereocenters. The molecule has 2 amide bonds. The second-order valence-corrected chi connectivity index (χ2v) is 10.3. The molecule has 3 heterocycles. The van der Waals surface area contributed by atoms with E-state index in [2.05, 4.69) is 22.4 Å². The van der Waals surface area contributed by atoms with Gasteiger partial charge >= 0.3 is 0 Å². The zero-order valence-corrected chi connectivity index (χ0v) is 19.1. The summed E-state index contributed by atoms with van der Waals surface area (Å²) in [6.07, 6.45) is 2.56. The van der Waals surface area contributed by atoms with Crippen LogP contribution in [-0.2, 0) is 16.1 Å². The zero-order chi connectivity index (χ0) is 22.1. The summed E-state index contributed by atoms with van der Waals surface area (Å²) in [5, 5.41) is 2.11. The van der Waals surface area contributed by atoms with E-state index in [4.69, 9.17) is 0 Å². The second-order valence-electron chi connectivity index (χ2n) is 9.29. The molecule has 2 aliphatic heterocycles. The molecule has 6 nitrogen and oxygen atoms in total. The number of hydrogen-bond acceptors (Lipinski definition) is 5. The Morgan fingerprint density at radius 2 is 1.59 bits per heavy atom. The number of benzene rings is 1. The number of hydrogen-bond donors (Lipinski definition) is 0. The number of thiophene rings is 1. The third-order valence-corrected chi connectivity index (χ3v) is 8.27. The minimum absolute atomic E-state index is 0.0394. The minimum atomic E-state index is -0.439. The Bertz CT molecular complexity index is 975. The highest BCUT2D eigenvalue weighted by Crippen LogP contribution is 2.60. The SMILES string of the molecule is O=C(C(=O)N1CCC2(CC1)CC2C(=O)N1CCN(Cc2cccs2)CC1)c1ccccc1. The Morgan fingerprint density at radius 1 is 0.875 bits per heavy atom. The zero-order valence-electron chi connectivity index (χ0n) is 18.2. The van der Waals surface area contributed by atoms with E-state index in [1.54, 1.807) is 40.5 Å². The van der Waals surface area contributed by atoms with Crippen molar-refractivity contribution in [2.75, 3.05) is 39.3 Å². The number of piperidine rings is 1. The summed E-state index contributed by atoms with van der Waals surface area (Å²) in [4.78, 5) is 45.8. The first-order valence-electron chi connectivity index (χ1n) is 11.5. The van der Waals surface area contributed by atoms with Crippen molar-refractivity contribution in [1.29, 1.82) is 0 Å². The van der Waals surface area contributed by atoms with Gasteiger partial charge < -0.3 is 9.80 Å². The number of Topliss-reactive ketones (excluding diaryl/α,β-unsaturated/α-hetero) is 1. The number of carbonyl (C=O) groups excluding carboxylic acids is 3. The maximum absolute atomic E-state index is 13.1. The number of ketones is 1. The van der Waals surface area contributed by atoms with Crippen LogP contribution in [0.4, 0.5) is 0 Å². The summed E-state index contributed by atoms with van der Waals surface area (Å²) < 4.78 is 0. The molecule has 1 aromatic heterocycles. The third-order valence-electron chi connectivity index (χ3n) is 7.41. The first-order chi connectivity index (χ1) is 15.6. The predicted octanol–water partition coefficient (Wildman–Crippen LogP) is 2.90. The molecular weight excluding hydrogens is 422 g/mol. The Labute approximate surface area is 192 Å². The van der Waals surface area contributed by atoms with E-state index in [1.807, 2.05) is 11.0 Å². The largest absolute Gasteiger partial charge is 0.340 e. The predicted molar refractivity (Wildman–Crippen MR) is 123 cm³/mol. The van der Waals surface area contributed by atoms with Gasteiger partial charge in [0.1, 0.15) is 0 Å². The van der Waals surface area contributed by atoms with E-state index in [-0.39, 0.29) is 11.3 Å². The molecule has 0 radical (unpaired) electrons. The average molecular weight is 452 g/mol. The van der Waals surface area contributed by atoms with Gasteiger partial charge in [-0.05, 0) is 36.1 Å². The van der Waals surface area contributed by atoms with Crippen LogP contribution < -0.4 is 0 Å². The Kier molecular flexibility index (Phi) is 5.86. The molecule has 168 valence electrons. The van der Waals surface area contributed by atoms with Crippen LogP contribution in [0.1, 0.15) is 34.5 Å². The summed E-state index contributed by atoms with van der Waals surface area (Å²) in [6.45, 7) is 5.55. The van der Waals surface area contributed by atoms with Crippen molar-refractivity contribution < 1.29 is 14.4 Å². The second kappa shape index (κ2) is 8.79. The monoisotopic (exact) mass is 451 g/mol. The van der Waals surface area contributed by atoms with Gasteiger partial charge in [-0.3, -0.25) is 19.3 Å². The van der Waals surface area contributed by atoms with E-state index in [9.17, 15) is 14.4 Å². The highest BCUT2D eigenvalue weighted by atomic mass is 32.1. The Balaban J connectivity index is 1.10. The summed E-state index contributed by atoms with van der Waals surface area (Å²) in [5.74, 6) is -0.476.